The normalized spacial score (nSPS) is 12.0. The van der Waals surface area contributed by atoms with E-state index in [0.717, 1.165) is 16.6 Å². The van der Waals surface area contributed by atoms with E-state index in [2.05, 4.69) is 45.7 Å². The van der Waals surface area contributed by atoms with Crippen molar-refractivity contribution >= 4 is 38.9 Å². The highest BCUT2D eigenvalue weighted by molar-refractivity contribution is 9.10. The van der Waals surface area contributed by atoms with Crippen LogP contribution in [0.15, 0.2) is 40.2 Å². The van der Waals surface area contributed by atoms with Crippen LogP contribution in [0.1, 0.15) is 41.5 Å². The molecule has 1 aromatic carbocycles. The molecule has 0 radical (unpaired) electrons. The summed E-state index contributed by atoms with van der Waals surface area (Å²) in [6.07, 6.45) is 0.993. The van der Waals surface area contributed by atoms with Gasteiger partial charge in [0, 0.05) is 15.0 Å². The van der Waals surface area contributed by atoms with Gasteiger partial charge in [0.2, 0.25) is 0 Å². The summed E-state index contributed by atoms with van der Waals surface area (Å²) in [6.45, 7) is 4.33. The molecule has 2 aromatic rings. The Morgan fingerprint density at radius 1 is 1.38 bits per heavy atom. The molecular formula is C16H18BrNO2S. The van der Waals surface area contributed by atoms with Gasteiger partial charge < -0.3 is 10.1 Å². The molecule has 1 N–H and O–H groups in total. The SMILES string of the molecule is CCOC(=O)c1ccc(NC(CC)c2cccs2)c(Br)c1. The number of hydrogen-bond donors (Lipinski definition) is 1. The Balaban J connectivity index is 2.15. The second kappa shape index (κ2) is 7.61. The zero-order valence-electron chi connectivity index (χ0n) is 12.1. The van der Waals surface area contributed by atoms with Crippen molar-refractivity contribution in [3.8, 4) is 0 Å². The van der Waals surface area contributed by atoms with E-state index in [1.165, 1.54) is 4.88 Å². The number of esters is 1. The molecule has 1 heterocycles. The van der Waals surface area contributed by atoms with E-state index in [-0.39, 0.29) is 12.0 Å². The number of carbonyl (C=O) groups excluding carboxylic acids is 1. The Labute approximate surface area is 137 Å². The lowest BCUT2D eigenvalue weighted by molar-refractivity contribution is 0.0526. The molecule has 0 aliphatic heterocycles. The molecule has 1 unspecified atom stereocenters. The third-order valence-corrected chi connectivity index (χ3v) is 4.75. The highest BCUT2D eigenvalue weighted by Gasteiger charge is 2.13. The van der Waals surface area contributed by atoms with Crippen molar-refractivity contribution in [2.45, 2.75) is 26.3 Å². The van der Waals surface area contributed by atoms with Gasteiger partial charge in [-0.05, 0) is 58.9 Å². The lowest BCUT2D eigenvalue weighted by atomic mass is 10.1. The Morgan fingerprint density at radius 3 is 2.76 bits per heavy atom. The van der Waals surface area contributed by atoms with E-state index in [0.29, 0.717) is 12.2 Å². The summed E-state index contributed by atoms with van der Waals surface area (Å²) >= 11 is 5.26. The maximum Gasteiger partial charge on any atom is 0.338 e. The Hall–Kier alpha value is -1.33. The number of ether oxygens (including phenoxy) is 1. The van der Waals surface area contributed by atoms with Gasteiger partial charge >= 0.3 is 5.97 Å². The number of halogens is 1. The Bertz CT molecular complexity index is 598. The summed E-state index contributed by atoms with van der Waals surface area (Å²) in [4.78, 5) is 13.0. The zero-order chi connectivity index (χ0) is 15.2. The molecule has 2 rings (SSSR count). The number of thiophene rings is 1. The van der Waals surface area contributed by atoms with Crippen molar-refractivity contribution in [2.75, 3.05) is 11.9 Å². The fourth-order valence-corrected chi connectivity index (χ4v) is 3.38. The summed E-state index contributed by atoms with van der Waals surface area (Å²) in [5.41, 5.74) is 1.53. The molecule has 0 amide bonds. The van der Waals surface area contributed by atoms with E-state index in [4.69, 9.17) is 4.74 Å². The fraction of sp³-hybridized carbons (Fsp3) is 0.312. The zero-order valence-corrected chi connectivity index (χ0v) is 14.5. The predicted octanol–water partition coefficient (Wildman–Crippen LogP) is 5.25. The van der Waals surface area contributed by atoms with E-state index >= 15 is 0 Å². The molecule has 0 fully saturated rings. The average molecular weight is 368 g/mol. The summed E-state index contributed by atoms with van der Waals surface area (Å²) in [7, 11) is 0. The molecule has 0 saturated heterocycles. The van der Waals surface area contributed by atoms with Gasteiger partial charge in [0.15, 0.2) is 0 Å². The summed E-state index contributed by atoms with van der Waals surface area (Å²) in [6, 6.07) is 9.95. The predicted molar refractivity (Wildman–Crippen MR) is 91.1 cm³/mol. The second-order valence-electron chi connectivity index (χ2n) is 4.54. The van der Waals surface area contributed by atoms with E-state index in [1.54, 1.807) is 30.4 Å². The molecule has 5 heteroatoms. The van der Waals surface area contributed by atoms with Crippen molar-refractivity contribution in [3.05, 3.63) is 50.6 Å². The third-order valence-electron chi connectivity index (χ3n) is 3.10. The van der Waals surface area contributed by atoms with Gasteiger partial charge in [-0.3, -0.25) is 0 Å². The highest BCUT2D eigenvalue weighted by atomic mass is 79.9. The minimum atomic E-state index is -0.296. The van der Waals surface area contributed by atoms with E-state index in [1.807, 2.05) is 6.07 Å². The molecule has 0 bridgehead atoms. The summed E-state index contributed by atoms with van der Waals surface area (Å²) in [5.74, 6) is -0.296. The number of anilines is 1. The van der Waals surface area contributed by atoms with Gasteiger partial charge in [-0.2, -0.15) is 0 Å². The highest BCUT2D eigenvalue weighted by Crippen LogP contribution is 2.31. The number of hydrogen-bond acceptors (Lipinski definition) is 4. The van der Waals surface area contributed by atoms with Gasteiger partial charge in [0.1, 0.15) is 0 Å². The number of benzene rings is 1. The first kappa shape index (κ1) is 16.0. The van der Waals surface area contributed by atoms with Crippen LogP contribution < -0.4 is 5.32 Å². The summed E-state index contributed by atoms with van der Waals surface area (Å²) < 4.78 is 5.87. The van der Waals surface area contributed by atoms with Crippen LogP contribution in [0.2, 0.25) is 0 Å². The molecule has 0 spiro atoms. The van der Waals surface area contributed by atoms with Crippen LogP contribution in [0.25, 0.3) is 0 Å². The summed E-state index contributed by atoms with van der Waals surface area (Å²) in [5, 5.41) is 5.59. The maximum atomic E-state index is 11.7. The smallest absolute Gasteiger partial charge is 0.338 e. The van der Waals surface area contributed by atoms with Crippen LogP contribution in [-0.2, 0) is 4.74 Å². The first-order valence-electron chi connectivity index (χ1n) is 6.92. The van der Waals surface area contributed by atoms with Crippen LogP contribution in [0, 0.1) is 0 Å². The lowest BCUT2D eigenvalue weighted by Crippen LogP contribution is -2.09. The van der Waals surface area contributed by atoms with Crippen molar-refractivity contribution in [1.82, 2.24) is 0 Å². The molecule has 0 aliphatic rings. The molecule has 0 aliphatic carbocycles. The van der Waals surface area contributed by atoms with E-state index in [9.17, 15) is 4.79 Å². The molecule has 21 heavy (non-hydrogen) atoms. The molecule has 1 aromatic heterocycles. The largest absolute Gasteiger partial charge is 0.462 e. The lowest BCUT2D eigenvalue weighted by Gasteiger charge is -2.18. The fourth-order valence-electron chi connectivity index (χ4n) is 2.03. The van der Waals surface area contributed by atoms with Crippen LogP contribution in [-0.4, -0.2) is 12.6 Å². The molecule has 1 atom stereocenters. The average Bonchev–Trinajstić information content (AvgIpc) is 3.00. The first-order valence-corrected chi connectivity index (χ1v) is 8.59. The third kappa shape index (κ3) is 4.08. The minimum absolute atomic E-state index is 0.273. The molecular weight excluding hydrogens is 350 g/mol. The van der Waals surface area contributed by atoms with Gasteiger partial charge in [0.25, 0.3) is 0 Å². The van der Waals surface area contributed by atoms with Crippen LogP contribution >= 0.6 is 27.3 Å². The second-order valence-corrected chi connectivity index (χ2v) is 6.37. The number of rotatable bonds is 6. The van der Waals surface area contributed by atoms with Gasteiger partial charge in [-0.1, -0.05) is 13.0 Å². The number of nitrogens with one attached hydrogen (secondary N) is 1. The van der Waals surface area contributed by atoms with Crippen LogP contribution in [0.4, 0.5) is 5.69 Å². The van der Waals surface area contributed by atoms with Crippen LogP contribution in [0.5, 0.6) is 0 Å². The first-order chi connectivity index (χ1) is 10.2. The Morgan fingerprint density at radius 2 is 2.19 bits per heavy atom. The molecule has 112 valence electrons. The maximum absolute atomic E-state index is 11.7. The molecule has 0 saturated carbocycles. The topological polar surface area (TPSA) is 38.3 Å². The van der Waals surface area contributed by atoms with Crippen molar-refractivity contribution in [2.24, 2.45) is 0 Å². The quantitative estimate of drug-likeness (QED) is 0.708. The van der Waals surface area contributed by atoms with Gasteiger partial charge in [0.05, 0.1) is 18.2 Å². The monoisotopic (exact) mass is 367 g/mol. The standard InChI is InChI=1S/C16H18BrNO2S/c1-3-13(15-6-5-9-21-15)18-14-8-7-11(10-12(14)17)16(19)20-4-2/h5-10,13,18H,3-4H2,1-2H3. The van der Waals surface area contributed by atoms with Gasteiger partial charge in [-0.15, -0.1) is 11.3 Å². The van der Waals surface area contributed by atoms with Crippen molar-refractivity contribution in [3.63, 3.8) is 0 Å². The number of carbonyl (C=O) groups is 1. The molecule has 3 nitrogen and oxygen atoms in total. The van der Waals surface area contributed by atoms with Crippen molar-refractivity contribution < 1.29 is 9.53 Å². The van der Waals surface area contributed by atoms with Crippen LogP contribution in [0.3, 0.4) is 0 Å². The minimum Gasteiger partial charge on any atom is -0.462 e. The Kier molecular flexibility index (Phi) is 5.82. The van der Waals surface area contributed by atoms with Crippen molar-refractivity contribution in [1.29, 1.82) is 0 Å². The van der Waals surface area contributed by atoms with Gasteiger partial charge in [-0.25, -0.2) is 4.79 Å². The van der Waals surface area contributed by atoms with E-state index < -0.39 is 0 Å².